The number of benzene rings is 1. The molecule has 0 saturated carbocycles. The molecule has 5 nitrogen and oxygen atoms in total. The fourth-order valence-corrected chi connectivity index (χ4v) is 2.77. The summed E-state index contributed by atoms with van der Waals surface area (Å²) in [7, 11) is 3.80. The lowest BCUT2D eigenvalue weighted by Gasteiger charge is -2.13. The standard InChI is InChI=1S/C15H16N2O3S/c1-9-7-12(21-13(9)15(19)20)16-14(18)10-5-4-6-11(8-10)17(2)3/h4-8H,1-3H3,(H,16,18)(H,19,20). The molecule has 0 aliphatic carbocycles. The van der Waals surface area contributed by atoms with Gasteiger partial charge in [-0.1, -0.05) is 6.07 Å². The fraction of sp³-hybridized carbons (Fsp3) is 0.200. The first-order chi connectivity index (χ1) is 9.88. The molecule has 1 aromatic carbocycles. The smallest absolute Gasteiger partial charge is 0.346 e. The van der Waals surface area contributed by atoms with E-state index in [2.05, 4.69) is 5.32 Å². The number of rotatable bonds is 4. The van der Waals surface area contributed by atoms with E-state index in [1.54, 1.807) is 25.1 Å². The highest BCUT2D eigenvalue weighted by Gasteiger charge is 2.14. The van der Waals surface area contributed by atoms with Gasteiger partial charge in [-0.25, -0.2) is 4.79 Å². The fourth-order valence-electron chi connectivity index (χ4n) is 1.87. The molecule has 0 bridgehead atoms. The molecule has 1 aromatic heterocycles. The van der Waals surface area contributed by atoms with E-state index in [1.165, 1.54) is 0 Å². The Morgan fingerprint density at radius 3 is 2.52 bits per heavy atom. The molecule has 2 N–H and O–H groups in total. The van der Waals surface area contributed by atoms with Gasteiger partial charge in [-0.05, 0) is 36.8 Å². The molecule has 0 spiro atoms. The van der Waals surface area contributed by atoms with Crippen LogP contribution in [0.1, 0.15) is 25.6 Å². The van der Waals surface area contributed by atoms with Gasteiger partial charge in [-0.2, -0.15) is 0 Å². The maximum Gasteiger partial charge on any atom is 0.346 e. The van der Waals surface area contributed by atoms with E-state index < -0.39 is 5.97 Å². The summed E-state index contributed by atoms with van der Waals surface area (Å²) in [5.41, 5.74) is 2.10. The number of hydrogen-bond acceptors (Lipinski definition) is 4. The maximum atomic E-state index is 12.2. The first kappa shape index (κ1) is 15.1. The average molecular weight is 304 g/mol. The van der Waals surface area contributed by atoms with Crippen molar-refractivity contribution in [2.45, 2.75) is 6.92 Å². The molecular formula is C15H16N2O3S. The molecule has 0 unspecified atom stereocenters. The number of anilines is 2. The molecule has 110 valence electrons. The zero-order valence-electron chi connectivity index (χ0n) is 12.0. The van der Waals surface area contributed by atoms with Crippen LogP contribution in [-0.2, 0) is 0 Å². The van der Waals surface area contributed by atoms with Crippen molar-refractivity contribution < 1.29 is 14.7 Å². The van der Waals surface area contributed by atoms with Gasteiger partial charge in [0, 0.05) is 25.3 Å². The number of carbonyl (C=O) groups is 2. The van der Waals surface area contributed by atoms with Crippen molar-refractivity contribution in [3.63, 3.8) is 0 Å². The van der Waals surface area contributed by atoms with E-state index in [0.29, 0.717) is 16.1 Å². The first-order valence-electron chi connectivity index (χ1n) is 6.31. The summed E-state index contributed by atoms with van der Waals surface area (Å²) in [6.45, 7) is 1.71. The lowest BCUT2D eigenvalue weighted by Crippen LogP contribution is -2.13. The van der Waals surface area contributed by atoms with Crippen LogP contribution < -0.4 is 10.2 Å². The van der Waals surface area contributed by atoms with Crippen molar-refractivity contribution >= 4 is 33.9 Å². The molecule has 2 rings (SSSR count). The van der Waals surface area contributed by atoms with Crippen molar-refractivity contribution in [3.05, 3.63) is 46.3 Å². The van der Waals surface area contributed by atoms with Gasteiger partial charge in [0.15, 0.2) is 0 Å². The van der Waals surface area contributed by atoms with Gasteiger partial charge in [0.05, 0.1) is 5.00 Å². The van der Waals surface area contributed by atoms with Crippen LogP contribution in [0, 0.1) is 6.92 Å². The highest BCUT2D eigenvalue weighted by atomic mass is 32.1. The Balaban J connectivity index is 2.20. The van der Waals surface area contributed by atoms with Gasteiger partial charge >= 0.3 is 5.97 Å². The molecule has 21 heavy (non-hydrogen) atoms. The van der Waals surface area contributed by atoms with Crippen molar-refractivity contribution in [2.75, 3.05) is 24.3 Å². The van der Waals surface area contributed by atoms with Gasteiger partial charge in [0.1, 0.15) is 4.88 Å². The minimum atomic E-state index is -0.979. The summed E-state index contributed by atoms with van der Waals surface area (Å²) in [6.07, 6.45) is 0. The Hall–Kier alpha value is -2.34. The molecule has 1 amide bonds. The Bertz CT molecular complexity index is 692. The summed E-state index contributed by atoms with van der Waals surface area (Å²) in [4.78, 5) is 25.4. The zero-order chi connectivity index (χ0) is 15.6. The second-order valence-electron chi connectivity index (χ2n) is 4.83. The number of amides is 1. The van der Waals surface area contributed by atoms with Gasteiger partial charge in [-0.15, -0.1) is 11.3 Å². The number of carbonyl (C=O) groups excluding carboxylic acids is 1. The van der Waals surface area contributed by atoms with E-state index in [4.69, 9.17) is 5.11 Å². The third-order valence-corrected chi connectivity index (χ3v) is 4.11. The number of carboxylic acids is 1. The predicted molar refractivity (Wildman–Crippen MR) is 84.7 cm³/mol. The highest BCUT2D eigenvalue weighted by Crippen LogP contribution is 2.27. The lowest BCUT2D eigenvalue weighted by atomic mass is 10.2. The summed E-state index contributed by atoms with van der Waals surface area (Å²) >= 11 is 1.06. The van der Waals surface area contributed by atoms with Crippen LogP contribution in [0.25, 0.3) is 0 Å². The first-order valence-corrected chi connectivity index (χ1v) is 7.12. The van der Waals surface area contributed by atoms with Crippen LogP contribution in [-0.4, -0.2) is 31.1 Å². The Kier molecular flexibility index (Phi) is 4.28. The second-order valence-corrected chi connectivity index (χ2v) is 5.88. The number of aryl methyl sites for hydroxylation is 1. The Morgan fingerprint density at radius 1 is 1.24 bits per heavy atom. The SMILES string of the molecule is Cc1cc(NC(=O)c2cccc(N(C)C)c2)sc1C(=O)O. The summed E-state index contributed by atoms with van der Waals surface area (Å²) < 4.78 is 0. The van der Waals surface area contributed by atoms with Crippen LogP contribution in [0.4, 0.5) is 10.7 Å². The van der Waals surface area contributed by atoms with E-state index in [1.807, 2.05) is 31.1 Å². The van der Waals surface area contributed by atoms with Crippen LogP contribution in [0.2, 0.25) is 0 Å². The predicted octanol–water partition coefficient (Wildman–Crippen LogP) is 3.07. The van der Waals surface area contributed by atoms with Gasteiger partial charge in [-0.3, -0.25) is 4.79 Å². The number of nitrogens with zero attached hydrogens (tertiary/aromatic N) is 1. The van der Waals surface area contributed by atoms with Crippen molar-refractivity contribution in [3.8, 4) is 0 Å². The minimum Gasteiger partial charge on any atom is -0.477 e. The monoisotopic (exact) mass is 304 g/mol. The van der Waals surface area contributed by atoms with Crippen molar-refractivity contribution in [2.24, 2.45) is 0 Å². The summed E-state index contributed by atoms with van der Waals surface area (Å²) in [5.74, 6) is -1.23. The van der Waals surface area contributed by atoms with Gasteiger partial charge < -0.3 is 15.3 Å². The average Bonchev–Trinajstić information content (AvgIpc) is 2.79. The van der Waals surface area contributed by atoms with Crippen LogP contribution >= 0.6 is 11.3 Å². The Labute approximate surface area is 126 Å². The largest absolute Gasteiger partial charge is 0.477 e. The van der Waals surface area contributed by atoms with E-state index >= 15 is 0 Å². The molecule has 0 fully saturated rings. The normalized spacial score (nSPS) is 10.2. The van der Waals surface area contributed by atoms with Crippen molar-refractivity contribution in [1.29, 1.82) is 0 Å². The third kappa shape index (κ3) is 3.41. The molecule has 0 aliphatic rings. The number of aromatic carboxylic acids is 1. The van der Waals surface area contributed by atoms with Gasteiger partial charge in [0.2, 0.25) is 0 Å². The maximum absolute atomic E-state index is 12.2. The highest BCUT2D eigenvalue weighted by molar-refractivity contribution is 7.18. The Morgan fingerprint density at radius 2 is 1.95 bits per heavy atom. The minimum absolute atomic E-state index is 0.243. The number of carboxylic acid groups (broad SMARTS) is 1. The molecular weight excluding hydrogens is 288 g/mol. The molecule has 0 saturated heterocycles. The number of hydrogen-bond donors (Lipinski definition) is 2. The summed E-state index contributed by atoms with van der Waals surface area (Å²) in [6, 6.07) is 8.90. The molecule has 1 heterocycles. The third-order valence-electron chi connectivity index (χ3n) is 2.97. The van der Waals surface area contributed by atoms with Crippen LogP contribution in [0.15, 0.2) is 30.3 Å². The zero-order valence-corrected chi connectivity index (χ0v) is 12.8. The molecule has 6 heteroatoms. The number of thiophene rings is 1. The number of nitrogens with one attached hydrogen (secondary N) is 1. The second kappa shape index (κ2) is 5.97. The van der Waals surface area contributed by atoms with E-state index in [0.717, 1.165) is 17.0 Å². The van der Waals surface area contributed by atoms with E-state index in [9.17, 15) is 9.59 Å². The van der Waals surface area contributed by atoms with Crippen LogP contribution in [0.5, 0.6) is 0 Å². The molecule has 0 aliphatic heterocycles. The quantitative estimate of drug-likeness (QED) is 0.910. The summed E-state index contributed by atoms with van der Waals surface area (Å²) in [5, 5.41) is 12.3. The lowest BCUT2D eigenvalue weighted by molar-refractivity contribution is 0.0701. The van der Waals surface area contributed by atoms with Crippen molar-refractivity contribution in [1.82, 2.24) is 0 Å². The molecule has 2 aromatic rings. The van der Waals surface area contributed by atoms with Crippen LogP contribution in [0.3, 0.4) is 0 Å². The molecule has 0 atom stereocenters. The van der Waals surface area contributed by atoms with E-state index in [-0.39, 0.29) is 10.8 Å². The topological polar surface area (TPSA) is 69.6 Å². The molecule has 0 radical (unpaired) electrons. The van der Waals surface area contributed by atoms with Gasteiger partial charge in [0.25, 0.3) is 5.91 Å².